The molecule has 0 saturated heterocycles. The third-order valence-corrected chi connectivity index (χ3v) is 3.66. The first-order valence-electron chi connectivity index (χ1n) is 4.22. The average Bonchev–Trinajstić information content (AvgIpc) is 2.59. The van der Waals surface area contributed by atoms with Gasteiger partial charge >= 0.3 is 0 Å². The molecule has 1 heterocycles. The van der Waals surface area contributed by atoms with E-state index in [0.717, 1.165) is 17.6 Å². The van der Waals surface area contributed by atoms with Gasteiger partial charge in [0.1, 0.15) is 9.84 Å². The Balaban J connectivity index is 2.61. The van der Waals surface area contributed by atoms with Crippen LogP contribution in [0.2, 0.25) is 4.47 Å². The van der Waals surface area contributed by atoms with Crippen LogP contribution in [0.4, 0.5) is 0 Å². The van der Waals surface area contributed by atoms with Crippen molar-refractivity contribution < 1.29 is 13.2 Å². The van der Waals surface area contributed by atoms with Crippen LogP contribution in [0, 0.1) is 0 Å². The highest BCUT2D eigenvalue weighted by Crippen LogP contribution is 2.15. The topological polar surface area (TPSA) is 80.2 Å². The molecule has 0 N–H and O–H groups in total. The van der Waals surface area contributed by atoms with Crippen molar-refractivity contribution in [3.8, 4) is 0 Å². The highest BCUT2D eigenvalue weighted by molar-refractivity contribution is 7.90. The maximum Gasteiger partial charge on any atom is 0.284 e. The van der Waals surface area contributed by atoms with Crippen LogP contribution >= 0.6 is 22.9 Å². The van der Waals surface area contributed by atoms with E-state index in [1.165, 1.54) is 11.9 Å². The molecule has 0 unspecified atom stereocenters. The molecule has 0 spiro atoms. The van der Waals surface area contributed by atoms with E-state index in [0.29, 0.717) is 0 Å². The largest absolute Gasteiger partial charge is 0.339 e. The van der Waals surface area contributed by atoms with Gasteiger partial charge < -0.3 is 4.90 Å². The van der Waals surface area contributed by atoms with Gasteiger partial charge in [0.05, 0.1) is 5.75 Å². The number of hydrogen-bond acceptors (Lipinski definition) is 6. The van der Waals surface area contributed by atoms with Crippen LogP contribution in [-0.4, -0.2) is 55.0 Å². The number of rotatable bonds is 4. The number of aromatic nitrogens is 2. The normalized spacial score (nSPS) is 11.4. The van der Waals surface area contributed by atoms with E-state index in [1.807, 2.05) is 0 Å². The van der Waals surface area contributed by atoms with Crippen LogP contribution < -0.4 is 0 Å². The lowest BCUT2D eigenvalue weighted by molar-refractivity contribution is 0.0802. The van der Waals surface area contributed by atoms with Crippen molar-refractivity contribution in [1.82, 2.24) is 15.1 Å². The second-order valence-electron chi connectivity index (χ2n) is 3.22. The number of sulfone groups is 1. The van der Waals surface area contributed by atoms with Crippen LogP contribution in [0.15, 0.2) is 0 Å². The molecule has 0 aliphatic carbocycles. The molecule has 0 atom stereocenters. The van der Waals surface area contributed by atoms with Crippen molar-refractivity contribution in [3.63, 3.8) is 0 Å². The van der Waals surface area contributed by atoms with Gasteiger partial charge in [0.25, 0.3) is 5.91 Å². The molecule has 16 heavy (non-hydrogen) atoms. The van der Waals surface area contributed by atoms with Crippen LogP contribution in [0.1, 0.15) is 9.80 Å². The summed E-state index contributed by atoms with van der Waals surface area (Å²) in [4.78, 5) is 12.9. The fourth-order valence-corrected chi connectivity index (χ4v) is 2.29. The van der Waals surface area contributed by atoms with Gasteiger partial charge in [0.15, 0.2) is 0 Å². The minimum Gasteiger partial charge on any atom is -0.339 e. The first-order valence-corrected chi connectivity index (χ1v) is 7.47. The van der Waals surface area contributed by atoms with E-state index in [1.54, 1.807) is 0 Å². The van der Waals surface area contributed by atoms with Gasteiger partial charge in [0.2, 0.25) is 9.47 Å². The van der Waals surface area contributed by atoms with Crippen LogP contribution in [0.3, 0.4) is 0 Å². The second-order valence-corrected chi connectivity index (χ2v) is 7.04. The van der Waals surface area contributed by atoms with E-state index < -0.39 is 9.84 Å². The smallest absolute Gasteiger partial charge is 0.284 e. The summed E-state index contributed by atoms with van der Waals surface area (Å²) in [5, 5.41) is 7.23. The monoisotopic (exact) mass is 283 g/mol. The Labute approximate surface area is 102 Å². The Bertz CT molecular complexity index is 485. The lowest BCUT2D eigenvalue weighted by Crippen LogP contribution is -2.31. The molecular formula is C7H10ClN3O3S2. The summed E-state index contributed by atoms with van der Waals surface area (Å²) < 4.78 is 22.0. The Morgan fingerprint density at radius 1 is 1.50 bits per heavy atom. The molecule has 90 valence electrons. The summed E-state index contributed by atoms with van der Waals surface area (Å²) in [5.41, 5.74) is 0. The number of nitrogens with zero attached hydrogens (tertiary/aromatic N) is 3. The Morgan fingerprint density at radius 3 is 2.56 bits per heavy atom. The first kappa shape index (κ1) is 13.3. The van der Waals surface area contributed by atoms with Gasteiger partial charge in [0, 0.05) is 19.8 Å². The number of carbonyl (C=O) groups excluding carboxylic acids is 1. The van der Waals surface area contributed by atoms with E-state index in [2.05, 4.69) is 10.2 Å². The summed E-state index contributed by atoms with van der Waals surface area (Å²) >= 11 is 6.50. The van der Waals surface area contributed by atoms with Crippen LogP contribution in [-0.2, 0) is 9.84 Å². The van der Waals surface area contributed by atoms with Gasteiger partial charge in [-0.2, -0.15) is 0 Å². The Hall–Kier alpha value is -0.730. The highest BCUT2D eigenvalue weighted by atomic mass is 35.5. The summed E-state index contributed by atoms with van der Waals surface area (Å²) in [7, 11) is -1.58. The Kier molecular flexibility index (Phi) is 4.22. The molecule has 0 aromatic carbocycles. The minimum atomic E-state index is -3.08. The lowest BCUT2D eigenvalue weighted by atomic mass is 10.5. The molecule has 0 fully saturated rings. The predicted octanol–water partition coefficient (Wildman–Crippen LogP) is 0.308. The molecule has 6 nitrogen and oxygen atoms in total. The van der Waals surface area contributed by atoms with Crippen molar-refractivity contribution in [2.75, 3.05) is 25.6 Å². The summed E-state index contributed by atoms with van der Waals surface area (Å²) in [5.74, 6) is -0.463. The predicted molar refractivity (Wildman–Crippen MR) is 61.6 cm³/mol. The average molecular weight is 284 g/mol. The maximum absolute atomic E-state index is 11.7. The van der Waals surface area contributed by atoms with Crippen LogP contribution in [0.5, 0.6) is 0 Å². The van der Waals surface area contributed by atoms with E-state index in [9.17, 15) is 13.2 Å². The van der Waals surface area contributed by atoms with Crippen molar-refractivity contribution in [2.24, 2.45) is 0 Å². The standard InChI is InChI=1S/C7H10ClN3O3S2/c1-11(3-4-16(2,13)14)6(12)5-9-10-7(8)15-5/h3-4H2,1-2H3. The van der Waals surface area contributed by atoms with E-state index in [4.69, 9.17) is 11.6 Å². The van der Waals surface area contributed by atoms with Crippen molar-refractivity contribution in [2.45, 2.75) is 0 Å². The second kappa shape index (κ2) is 5.07. The van der Waals surface area contributed by atoms with Gasteiger partial charge in [-0.1, -0.05) is 11.3 Å². The fourth-order valence-electron chi connectivity index (χ4n) is 0.859. The zero-order valence-corrected chi connectivity index (χ0v) is 11.1. The Morgan fingerprint density at radius 2 is 2.12 bits per heavy atom. The van der Waals surface area contributed by atoms with Gasteiger partial charge in [-0.3, -0.25) is 4.79 Å². The fraction of sp³-hybridized carbons (Fsp3) is 0.571. The molecule has 0 aliphatic rings. The highest BCUT2D eigenvalue weighted by Gasteiger charge is 2.17. The molecule has 1 aromatic heterocycles. The zero-order valence-electron chi connectivity index (χ0n) is 8.68. The van der Waals surface area contributed by atoms with Crippen LogP contribution in [0.25, 0.3) is 0 Å². The molecular weight excluding hydrogens is 274 g/mol. The maximum atomic E-state index is 11.7. The SMILES string of the molecule is CN(CCS(C)(=O)=O)C(=O)c1nnc(Cl)s1. The molecule has 0 radical (unpaired) electrons. The van der Waals surface area contributed by atoms with Gasteiger partial charge in [-0.15, -0.1) is 10.2 Å². The summed E-state index contributed by atoms with van der Waals surface area (Å²) in [6, 6.07) is 0. The number of hydrogen-bond donors (Lipinski definition) is 0. The summed E-state index contributed by atoms with van der Waals surface area (Å²) in [6.07, 6.45) is 1.12. The zero-order chi connectivity index (χ0) is 12.3. The molecule has 9 heteroatoms. The van der Waals surface area contributed by atoms with Crippen molar-refractivity contribution in [1.29, 1.82) is 0 Å². The van der Waals surface area contributed by atoms with Crippen molar-refractivity contribution >= 4 is 38.7 Å². The molecule has 1 aromatic rings. The lowest BCUT2D eigenvalue weighted by Gasteiger charge is -2.14. The van der Waals surface area contributed by atoms with Gasteiger partial charge in [-0.25, -0.2) is 8.42 Å². The van der Waals surface area contributed by atoms with E-state index >= 15 is 0 Å². The molecule has 0 aliphatic heterocycles. The number of halogens is 1. The molecule has 1 amide bonds. The van der Waals surface area contributed by atoms with Gasteiger partial charge in [-0.05, 0) is 11.6 Å². The van der Waals surface area contributed by atoms with Crippen molar-refractivity contribution in [3.05, 3.63) is 9.47 Å². The third kappa shape index (κ3) is 4.03. The summed E-state index contributed by atoms with van der Waals surface area (Å²) in [6.45, 7) is 0.120. The van der Waals surface area contributed by atoms with E-state index in [-0.39, 0.29) is 27.7 Å². The number of amides is 1. The number of carbonyl (C=O) groups is 1. The molecule has 0 saturated carbocycles. The quantitative estimate of drug-likeness (QED) is 0.794. The molecule has 0 bridgehead atoms. The third-order valence-electron chi connectivity index (χ3n) is 1.73. The molecule has 1 rings (SSSR count). The first-order chi connectivity index (χ1) is 7.29. The minimum absolute atomic E-state index is 0.0816.